The van der Waals surface area contributed by atoms with Crippen molar-refractivity contribution in [3.8, 4) is 0 Å². The van der Waals surface area contributed by atoms with E-state index in [1.165, 1.54) is 13.8 Å². The average molecular weight is 1170 g/mol. The first-order valence-corrected chi connectivity index (χ1v) is 29.0. The van der Waals surface area contributed by atoms with Crippen molar-refractivity contribution in [2.75, 3.05) is 35.4 Å². The summed E-state index contributed by atoms with van der Waals surface area (Å²) in [5.74, 6) is -5.46. The molecule has 5 fully saturated rings. The summed E-state index contributed by atoms with van der Waals surface area (Å²) in [4.78, 5) is 0. The summed E-state index contributed by atoms with van der Waals surface area (Å²) >= 11 is 0. The second-order valence-electron chi connectivity index (χ2n) is 12.2. The highest BCUT2D eigenvalue weighted by atomic mass is 32.3. The maximum atomic E-state index is 12.3. The lowest BCUT2D eigenvalue weighted by atomic mass is 10.1. The minimum absolute atomic E-state index is 0.310. The van der Waals surface area contributed by atoms with E-state index in [0.717, 1.165) is 0 Å². The number of alkyl halides is 8. The van der Waals surface area contributed by atoms with Gasteiger partial charge >= 0.3 is 70.5 Å². The zero-order chi connectivity index (χ0) is 51.1. The minimum atomic E-state index is -5.19. The molecule has 0 amide bonds. The lowest BCUT2D eigenvalue weighted by molar-refractivity contribution is -0.235. The molecule has 0 aliphatic carbocycles. The number of halogens is 8. The van der Waals surface area contributed by atoms with E-state index in [0.29, 0.717) is 6.92 Å². The van der Waals surface area contributed by atoms with Crippen LogP contribution in [0.15, 0.2) is 0 Å². The smallest absolute Gasteiger partial charge is 0.246 e. The van der Waals surface area contributed by atoms with Crippen LogP contribution in [0.1, 0.15) is 27.2 Å². The van der Waals surface area contributed by atoms with Gasteiger partial charge in [-0.3, -0.25) is 0 Å². The summed E-state index contributed by atoms with van der Waals surface area (Å²) < 4.78 is 343. The van der Waals surface area contributed by atoms with E-state index in [1.54, 1.807) is 0 Å². The third-order valence-electron chi connectivity index (χ3n) is 5.36. The molecule has 2 atom stereocenters. The predicted octanol–water partition coefficient (Wildman–Crippen LogP) is -2.95. The lowest BCUT2D eigenvalue weighted by Gasteiger charge is -2.32. The Bertz CT molecular complexity index is 2630. The first-order valence-electron chi connectivity index (χ1n) is 14.4. The highest BCUT2D eigenvalue weighted by molar-refractivity contribution is 8.00. The van der Waals surface area contributed by atoms with Crippen molar-refractivity contribution in [1.82, 2.24) is 0 Å². The molecule has 30 nitrogen and oxygen atoms in total. The third kappa shape index (κ3) is 23.0. The quantitative estimate of drug-likeness (QED) is 0.237. The summed E-state index contributed by atoms with van der Waals surface area (Å²) in [5.41, 5.74) is -4.57. The summed E-state index contributed by atoms with van der Waals surface area (Å²) in [6.07, 6.45) is -17.8. The van der Waals surface area contributed by atoms with Crippen molar-refractivity contribution in [2.24, 2.45) is 0 Å². The van der Waals surface area contributed by atoms with Crippen LogP contribution in [0.25, 0.3) is 0 Å². The second-order valence-corrected chi connectivity index (χ2v) is 27.1. The van der Waals surface area contributed by atoms with E-state index in [9.17, 15) is 119 Å². The Labute approximate surface area is 357 Å². The Morgan fingerprint density at radius 2 is 0.875 bits per heavy atom. The van der Waals surface area contributed by atoms with Crippen LogP contribution in [0.3, 0.4) is 0 Å². The molecule has 5 aliphatic heterocycles. The molecule has 0 bridgehead atoms. The van der Waals surface area contributed by atoms with Crippen LogP contribution in [-0.2, 0) is 142 Å². The Morgan fingerprint density at radius 3 is 1.19 bits per heavy atom. The zero-order valence-corrected chi connectivity index (χ0v) is 38.5. The topological polar surface area (TPSA) is 434 Å². The third-order valence-corrected chi connectivity index (χ3v) is 19.6. The maximum Gasteiger partial charge on any atom is 0.419 e. The Kier molecular flexibility index (Phi) is 18.1. The van der Waals surface area contributed by atoms with E-state index in [1.807, 2.05) is 0 Å². The number of hydrogen-bond donors (Lipinski definition) is 0. The van der Waals surface area contributed by atoms with Gasteiger partial charge in [0.1, 0.15) is 34.7 Å². The normalized spacial score (nSPS) is 31.5. The molecule has 0 saturated carbocycles. The van der Waals surface area contributed by atoms with E-state index in [4.69, 9.17) is 0 Å². The SMILES string of the molecule is CC1(C(F)(F)F)CS(=O)(=O)OS(=O)(=O)O1.CC1(C)CS(=O)(=O)OS(=O)(=O)O1.O=S1(=O)CC(CC(F)(F)F)OS(=O)(=O)O1.O=S1(=O)CC(F)(F)OS(=O)(=O)O1.O=S1(=O)CCOS(=O)(=O)O1. The molecule has 0 aromatic heterocycles. The molecule has 0 aromatic rings. The van der Waals surface area contributed by atoms with E-state index >= 15 is 0 Å². The van der Waals surface area contributed by atoms with Gasteiger partial charge in [0.2, 0.25) is 0 Å². The molecule has 384 valence electrons. The van der Waals surface area contributed by atoms with Gasteiger partial charge in [-0.2, -0.15) is 123 Å². The fourth-order valence-electron chi connectivity index (χ4n) is 3.68. The molecule has 48 heteroatoms. The fraction of sp³-hybridized carbons (Fsp3) is 1.00. The average Bonchev–Trinajstić information content (AvgIpc) is 2.81. The van der Waals surface area contributed by atoms with Crippen molar-refractivity contribution in [2.45, 2.75) is 63.0 Å². The molecular weight excluding hydrogens is 1140 g/mol. The Balaban J connectivity index is 0.000000403. The molecule has 0 spiro atoms. The first kappa shape index (κ1) is 60.6. The van der Waals surface area contributed by atoms with Gasteiger partial charge in [-0.1, -0.05) is 0 Å². The Morgan fingerprint density at radius 1 is 0.484 bits per heavy atom. The predicted molar refractivity (Wildman–Crippen MR) is 177 cm³/mol. The zero-order valence-electron chi connectivity index (χ0n) is 30.4. The molecule has 5 rings (SSSR count). The largest absolute Gasteiger partial charge is 0.419 e. The highest BCUT2D eigenvalue weighted by Gasteiger charge is 2.61. The van der Waals surface area contributed by atoms with Gasteiger partial charge in [-0.25, -0.2) is 16.7 Å². The summed E-state index contributed by atoms with van der Waals surface area (Å²) in [6.45, 7) is 2.64. The van der Waals surface area contributed by atoms with Crippen LogP contribution in [0.2, 0.25) is 0 Å². The highest BCUT2D eigenvalue weighted by Crippen LogP contribution is 2.39. The van der Waals surface area contributed by atoms with Gasteiger partial charge in [-0.15, -0.1) is 18.1 Å². The van der Waals surface area contributed by atoms with Crippen LogP contribution in [-0.4, -0.2) is 155 Å². The molecule has 0 radical (unpaired) electrons. The van der Waals surface area contributed by atoms with Gasteiger partial charge in [-0.05, 0) is 20.8 Å². The van der Waals surface area contributed by atoms with E-state index < -0.39 is 174 Å². The second kappa shape index (κ2) is 19.1. The first-order chi connectivity index (χ1) is 27.5. The lowest BCUT2D eigenvalue weighted by Crippen LogP contribution is -2.55. The van der Waals surface area contributed by atoms with Gasteiger partial charge in [0.05, 0.1) is 13.0 Å². The maximum absolute atomic E-state index is 12.3. The molecule has 5 saturated heterocycles. The molecular formula is C16H24F8O30S10. The Hall–Kier alpha value is -1.46. The monoisotopic (exact) mass is 1170 g/mol. The van der Waals surface area contributed by atoms with Gasteiger partial charge in [0.15, 0.2) is 11.4 Å². The number of rotatable bonds is 1. The molecule has 0 aromatic carbocycles. The molecule has 2 unspecified atom stereocenters. The molecule has 5 aliphatic rings. The van der Waals surface area contributed by atoms with Crippen molar-refractivity contribution < 1.29 is 158 Å². The molecule has 0 N–H and O–H groups in total. The van der Waals surface area contributed by atoms with Crippen LogP contribution < -0.4 is 0 Å². The van der Waals surface area contributed by atoms with E-state index in [-0.39, 0.29) is 6.61 Å². The molecule has 5 heterocycles. The number of hydrogen-bond acceptors (Lipinski definition) is 30. The van der Waals surface area contributed by atoms with Crippen molar-refractivity contribution in [3.63, 3.8) is 0 Å². The van der Waals surface area contributed by atoms with Crippen LogP contribution in [0, 0.1) is 0 Å². The van der Waals surface area contributed by atoms with E-state index in [2.05, 4.69) is 39.1 Å². The molecule has 64 heavy (non-hydrogen) atoms. The fourth-order valence-corrected chi connectivity index (χ4v) is 16.4. The van der Waals surface area contributed by atoms with Crippen molar-refractivity contribution >= 4 is 103 Å². The van der Waals surface area contributed by atoms with Gasteiger partial charge in [0, 0.05) is 0 Å². The summed E-state index contributed by atoms with van der Waals surface area (Å²) in [6, 6.07) is 0. The van der Waals surface area contributed by atoms with Crippen molar-refractivity contribution in [3.05, 3.63) is 0 Å². The standard InChI is InChI=1S/2C4H5F3O6S2.C4H8O6S2.C2H2F2O6S2.C2H4O6S2/c1-3(4(5,6)7)2-14(8,9)13-15(10,11)12-3;5-4(6,7)1-3-2-14(8,9)13-15(10,11)12-3;1-4(2)3-11(5,6)10-12(7,8)9-4;3-2(4)1-11(5,6)10-12(7,8)9-2;3-9(4)2-1-7-10(5,6)8-9/h2H2,1H3;3H,1-2H2;3H2,1-2H3;1H2;1-2H2. The van der Waals surface area contributed by atoms with Gasteiger partial charge in [0.25, 0.3) is 50.6 Å². The van der Waals surface area contributed by atoms with Crippen LogP contribution in [0.4, 0.5) is 35.1 Å². The van der Waals surface area contributed by atoms with Gasteiger partial charge < -0.3 is 0 Å². The minimum Gasteiger partial charge on any atom is -0.246 e. The van der Waals surface area contributed by atoms with Crippen LogP contribution in [0.5, 0.6) is 0 Å². The summed E-state index contributed by atoms with van der Waals surface area (Å²) in [7, 11) is -45.9. The summed E-state index contributed by atoms with van der Waals surface area (Å²) in [5, 5.41) is 0. The van der Waals surface area contributed by atoms with Crippen molar-refractivity contribution in [1.29, 1.82) is 0 Å². The van der Waals surface area contributed by atoms with Crippen LogP contribution >= 0.6 is 0 Å².